The van der Waals surface area contributed by atoms with Gasteiger partial charge in [0.2, 0.25) is 11.8 Å². The van der Waals surface area contributed by atoms with Crippen molar-refractivity contribution in [3.05, 3.63) is 0 Å². The summed E-state index contributed by atoms with van der Waals surface area (Å²) in [6, 6.07) is -2.26. The van der Waals surface area contributed by atoms with Crippen LogP contribution in [0.2, 0.25) is 0 Å². The molecule has 0 saturated heterocycles. The van der Waals surface area contributed by atoms with Crippen LogP contribution in [0, 0.1) is 0 Å². The van der Waals surface area contributed by atoms with Crippen molar-refractivity contribution in [3.63, 3.8) is 0 Å². The molecule has 0 fully saturated rings. The predicted octanol–water partition coefficient (Wildman–Crippen LogP) is 0.611. The second-order valence-corrected chi connectivity index (χ2v) is 8.63. The molecule has 0 unspecified atom stereocenters. The third-order valence-corrected chi connectivity index (χ3v) is 5.57. The van der Waals surface area contributed by atoms with Gasteiger partial charge < -0.3 is 31.5 Å². The van der Waals surface area contributed by atoms with E-state index in [2.05, 4.69) is 21.3 Å². The van der Waals surface area contributed by atoms with Crippen LogP contribution in [0.5, 0.6) is 0 Å². The quantitative estimate of drug-likeness (QED) is 0.176. The van der Waals surface area contributed by atoms with Crippen molar-refractivity contribution in [2.45, 2.75) is 51.6 Å². The second kappa shape index (κ2) is 17.1. The number of amides is 4. The minimum atomic E-state index is -1.21. The molecule has 0 saturated carbocycles. The normalized spacial score (nSPS) is 12.2. The summed E-state index contributed by atoms with van der Waals surface area (Å²) >= 11 is 1.57. The summed E-state index contributed by atoms with van der Waals surface area (Å²) < 4.78 is 0. The largest absolute Gasteiger partial charge is 0.480 e. The molecule has 0 rings (SSSR count). The van der Waals surface area contributed by atoms with E-state index in [1.54, 1.807) is 0 Å². The van der Waals surface area contributed by atoms with Crippen molar-refractivity contribution in [2.75, 3.05) is 24.6 Å². The lowest BCUT2D eigenvalue weighted by molar-refractivity contribution is -0.141. The number of hydrogen-bond donors (Lipinski definition) is 6. The van der Waals surface area contributed by atoms with Gasteiger partial charge in [0.15, 0.2) is 0 Å². The standard InChI is InChI=1S/C18H30N4O8S2/c1-11(23)21-13(15(25)26)9-31-17(29)19-7-5-3-4-6-8-20-18(30)32-10-14(16(27)28)22-12(2)24/h13-14H,3-10H2,1-2H3,(H,19,29)(H,20,30)(H,21,23)(H,22,24)(H,25,26)(H,27,28)/t13-,14-/m0/s1. The van der Waals surface area contributed by atoms with E-state index in [9.17, 15) is 28.8 Å². The molecular weight excluding hydrogens is 464 g/mol. The molecule has 32 heavy (non-hydrogen) atoms. The smallest absolute Gasteiger partial charge is 0.327 e. The number of unbranched alkanes of at least 4 members (excludes halogenated alkanes) is 3. The average Bonchev–Trinajstić information content (AvgIpc) is 2.69. The van der Waals surface area contributed by atoms with Gasteiger partial charge >= 0.3 is 11.9 Å². The minimum absolute atomic E-state index is 0.0729. The first-order valence-corrected chi connectivity index (χ1v) is 11.8. The van der Waals surface area contributed by atoms with E-state index in [4.69, 9.17) is 10.2 Å². The number of aliphatic carboxylic acids is 2. The molecule has 0 radical (unpaired) electrons. The van der Waals surface area contributed by atoms with Gasteiger partial charge in [-0.25, -0.2) is 9.59 Å². The molecule has 0 aliphatic carbocycles. The SMILES string of the molecule is CC(=O)N[C@@H](CSC(=O)NCCCCCCNC(=O)SC[C@H](NC(C)=O)C(=O)O)C(=O)O. The summed E-state index contributed by atoms with van der Waals surface area (Å²) in [6.07, 6.45) is 3.03. The molecule has 6 N–H and O–H groups in total. The third-order valence-electron chi connectivity index (χ3n) is 3.76. The van der Waals surface area contributed by atoms with E-state index >= 15 is 0 Å². The highest BCUT2D eigenvalue weighted by molar-refractivity contribution is 8.13. The maximum Gasteiger partial charge on any atom is 0.327 e. The Hall–Kier alpha value is -2.48. The van der Waals surface area contributed by atoms with Crippen LogP contribution in [0.4, 0.5) is 9.59 Å². The average molecular weight is 495 g/mol. The highest BCUT2D eigenvalue weighted by Gasteiger charge is 2.20. The zero-order chi connectivity index (χ0) is 24.5. The lowest BCUT2D eigenvalue weighted by Gasteiger charge is -2.12. The van der Waals surface area contributed by atoms with E-state index in [1.165, 1.54) is 13.8 Å². The Labute approximate surface area is 194 Å². The number of rotatable bonds is 15. The van der Waals surface area contributed by atoms with E-state index in [0.717, 1.165) is 36.4 Å². The van der Waals surface area contributed by atoms with Gasteiger partial charge in [0.25, 0.3) is 10.5 Å². The minimum Gasteiger partial charge on any atom is -0.480 e. The molecule has 0 heterocycles. The summed E-state index contributed by atoms with van der Waals surface area (Å²) in [7, 11) is 0. The van der Waals surface area contributed by atoms with E-state index in [1.807, 2.05) is 0 Å². The van der Waals surface area contributed by atoms with Gasteiger partial charge in [-0.15, -0.1) is 0 Å². The maximum atomic E-state index is 11.7. The van der Waals surface area contributed by atoms with Gasteiger partial charge in [-0.3, -0.25) is 19.2 Å². The van der Waals surface area contributed by atoms with Crippen molar-refractivity contribution in [1.29, 1.82) is 0 Å². The van der Waals surface area contributed by atoms with Gasteiger partial charge in [-0.05, 0) is 12.8 Å². The van der Waals surface area contributed by atoms with Crippen LogP contribution in [0.25, 0.3) is 0 Å². The number of carboxylic acid groups (broad SMARTS) is 2. The number of hydrogen-bond acceptors (Lipinski definition) is 8. The van der Waals surface area contributed by atoms with Crippen molar-refractivity contribution in [3.8, 4) is 0 Å². The van der Waals surface area contributed by atoms with Crippen LogP contribution in [-0.4, -0.2) is 81.1 Å². The predicted molar refractivity (Wildman–Crippen MR) is 121 cm³/mol. The molecule has 0 aromatic carbocycles. The Balaban J connectivity index is 3.78. The van der Waals surface area contributed by atoms with Crippen molar-refractivity contribution < 1.29 is 39.0 Å². The topological polar surface area (TPSA) is 191 Å². The Kier molecular flexibility index (Phi) is 15.8. The fourth-order valence-electron chi connectivity index (χ4n) is 2.24. The van der Waals surface area contributed by atoms with Crippen molar-refractivity contribution in [2.24, 2.45) is 0 Å². The fraction of sp³-hybridized carbons (Fsp3) is 0.667. The van der Waals surface area contributed by atoms with Crippen molar-refractivity contribution >= 4 is 57.8 Å². The highest BCUT2D eigenvalue weighted by atomic mass is 32.2. The van der Waals surface area contributed by atoms with Gasteiger partial charge in [-0.1, -0.05) is 36.4 Å². The van der Waals surface area contributed by atoms with Gasteiger partial charge in [-0.2, -0.15) is 0 Å². The molecule has 14 heteroatoms. The van der Waals surface area contributed by atoms with Gasteiger partial charge in [0, 0.05) is 38.4 Å². The number of nitrogens with one attached hydrogen (secondary N) is 4. The Bertz CT molecular complexity index is 621. The Morgan fingerprint density at radius 3 is 1.28 bits per heavy atom. The van der Waals surface area contributed by atoms with Crippen LogP contribution < -0.4 is 21.3 Å². The van der Waals surface area contributed by atoms with E-state index in [0.29, 0.717) is 25.9 Å². The fourth-order valence-corrected chi connectivity index (χ4v) is 3.74. The van der Waals surface area contributed by atoms with Gasteiger partial charge in [0.05, 0.1) is 0 Å². The number of carboxylic acids is 2. The van der Waals surface area contributed by atoms with Crippen LogP contribution in [0.1, 0.15) is 39.5 Å². The number of carbonyl (C=O) groups is 6. The van der Waals surface area contributed by atoms with Crippen LogP contribution in [-0.2, 0) is 19.2 Å². The lowest BCUT2D eigenvalue weighted by atomic mass is 10.2. The molecule has 0 bridgehead atoms. The highest BCUT2D eigenvalue weighted by Crippen LogP contribution is 2.07. The number of carbonyl (C=O) groups excluding carboxylic acids is 4. The molecular formula is C18H30N4O8S2. The van der Waals surface area contributed by atoms with E-state index in [-0.39, 0.29) is 22.0 Å². The monoisotopic (exact) mass is 494 g/mol. The molecule has 12 nitrogen and oxygen atoms in total. The summed E-state index contributed by atoms with van der Waals surface area (Å²) in [5, 5.41) is 27.0. The second-order valence-electron chi connectivity index (χ2n) is 6.65. The first-order valence-electron chi connectivity index (χ1n) is 9.84. The zero-order valence-corrected chi connectivity index (χ0v) is 19.6. The van der Waals surface area contributed by atoms with Gasteiger partial charge in [0.1, 0.15) is 12.1 Å². The summed E-state index contributed by atoms with van der Waals surface area (Å²) in [5.74, 6) is -3.53. The van der Waals surface area contributed by atoms with Crippen molar-refractivity contribution in [1.82, 2.24) is 21.3 Å². The molecule has 182 valence electrons. The first kappa shape index (κ1) is 29.5. The first-order chi connectivity index (χ1) is 15.0. The molecule has 2 atom stereocenters. The van der Waals surface area contributed by atoms with Crippen LogP contribution >= 0.6 is 23.5 Å². The molecule has 0 aromatic rings. The Morgan fingerprint density at radius 2 is 1.00 bits per heavy atom. The summed E-state index contributed by atoms with van der Waals surface area (Å²) in [6.45, 7) is 3.25. The summed E-state index contributed by atoms with van der Waals surface area (Å²) in [5.41, 5.74) is 0. The summed E-state index contributed by atoms with van der Waals surface area (Å²) in [4.78, 5) is 67.3. The molecule has 0 aromatic heterocycles. The molecule has 0 spiro atoms. The molecule has 4 amide bonds. The molecule has 0 aliphatic heterocycles. The zero-order valence-electron chi connectivity index (χ0n) is 18.0. The maximum absolute atomic E-state index is 11.7. The van der Waals surface area contributed by atoms with E-state index < -0.39 is 35.8 Å². The number of thioether (sulfide) groups is 2. The van der Waals surface area contributed by atoms with Crippen LogP contribution in [0.15, 0.2) is 0 Å². The Morgan fingerprint density at radius 1 is 0.656 bits per heavy atom. The molecule has 0 aliphatic rings. The lowest BCUT2D eigenvalue weighted by Crippen LogP contribution is -2.42. The third kappa shape index (κ3) is 16.2. The van der Waals surface area contributed by atoms with Crippen LogP contribution in [0.3, 0.4) is 0 Å².